The number of fused-ring (bicyclic) bond motifs is 3. The second-order valence-corrected chi connectivity index (χ2v) is 9.71. The first-order valence-electron chi connectivity index (χ1n) is 10.7. The molecule has 0 aromatic heterocycles. The van der Waals surface area contributed by atoms with Gasteiger partial charge in [0.2, 0.25) is 0 Å². The van der Waals surface area contributed by atoms with Crippen molar-refractivity contribution in [2.45, 2.75) is 85.0 Å². The Bertz CT molecular complexity index is 897. The van der Waals surface area contributed by atoms with E-state index in [1.807, 2.05) is 19.9 Å². The number of benzene rings is 1. The van der Waals surface area contributed by atoms with Crippen LogP contribution < -0.4 is 9.47 Å². The molecule has 2 aliphatic rings. The monoisotopic (exact) mass is 416 g/mol. The Morgan fingerprint density at radius 2 is 1.67 bits per heavy atom. The molecule has 0 unspecified atom stereocenters. The maximum Gasteiger partial charge on any atom is 0.314 e. The highest BCUT2D eigenvalue weighted by atomic mass is 16.6. The van der Waals surface area contributed by atoms with Gasteiger partial charge in [-0.25, -0.2) is 0 Å². The molecule has 1 N–H and O–H groups in total. The molecule has 1 aromatic carbocycles. The molecule has 1 saturated carbocycles. The van der Waals surface area contributed by atoms with Crippen LogP contribution in [0, 0.1) is 11.3 Å². The Labute approximate surface area is 177 Å². The third kappa shape index (κ3) is 3.50. The van der Waals surface area contributed by atoms with Crippen LogP contribution in [0.5, 0.6) is 11.5 Å². The lowest BCUT2D eigenvalue weighted by molar-refractivity contribution is -0.153. The molecule has 0 amide bonds. The summed E-state index contributed by atoms with van der Waals surface area (Å²) in [5.74, 6) is -1.82. The molecule has 1 fully saturated rings. The van der Waals surface area contributed by atoms with E-state index in [0.29, 0.717) is 18.4 Å². The molecule has 30 heavy (non-hydrogen) atoms. The van der Waals surface area contributed by atoms with E-state index in [4.69, 9.17) is 9.47 Å². The largest absolute Gasteiger partial charge is 0.481 e. The van der Waals surface area contributed by atoms with Gasteiger partial charge in [0.15, 0.2) is 11.5 Å². The number of aryl methyl sites for hydroxylation is 1. The lowest BCUT2D eigenvalue weighted by atomic mass is 9.49. The molecule has 2 aliphatic carbocycles. The molecule has 6 nitrogen and oxygen atoms in total. The predicted octanol–water partition coefficient (Wildman–Crippen LogP) is 4.76. The number of carbonyl (C=O) groups excluding carboxylic acids is 2. The van der Waals surface area contributed by atoms with E-state index in [-0.39, 0.29) is 28.7 Å². The Morgan fingerprint density at radius 1 is 1.07 bits per heavy atom. The van der Waals surface area contributed by atoms with Gasteiger partial charge in [-0.3, -0.25) is 14.4 Å². The van der Waals surface area contributed by atoms with Gasteiger partial charge in [0.05, 0.1) is 0 Å². The van der Waals surface area contributed by atoms with Gasteiger partial charge in [-0.2, -0.15) is 0 Å². The highest BCUT2D eigenvalue weighted by molar-refractivity contribution is 5.87. The summed E-state index contributed by atoms with van der Waals surface area (Å²) in [4.78, 5) is 36.9. The van der Waals surface area contributed by atoms with Crippen LogP contribution in [0.25, 0.3) is 0 Å². The average molecular weight is 417 g/mol. The maximum absolute atomic E-state index is 12.9. The maximum atomic E-state index is 12.9. The van der Waals surface area contributed by atoms with E-state index >= 15 is 0 Å². The number of carboxylic acids is 1. The van der Waals surface area contributed by atoms with Gasteiger partial charge < -0.3 is 14.6 Å². The summed E-state index contributed by atoms with van der Waals surface area (Å²) in [6, 6.07) is 1.95. The van der Waals surface area contributed by atoms with E-state index in [1.54, 1.807) is 0 Å². The molecular formula is C24H32O6. The van der Waals surface area contributed by atoms with Crippen LogP contribution in [0.2, 0.25) is 0 Å². The molecule has 0 bridgehead atoms. The highest BCUT2D eigenvalue weighted by Gasteiger charge is 2.59. The first-order chi connectivity index (χ1) is 13.9. The number of carboxylic acid groups (broad SMARTS) is 1. The molecule has 0 spiro atoms. The minimum Gasteiger partial charge on any atom is -0.481 e. The Kier molecular flexibility index (Phi) is 5.74. The average Bonchev–Trinajstić information content (AvgIpc) is 2.61. The van der Waals surface area contributed by atoms with E-state index in [9.17, 15) is 19.5 Å². The zero-order valence-corrected chi connectivity index (χ0v) is 18.8. The van der Waals surface area contributed by atoms with Gasteiger partial charge in [-0.15, -0.1) is 0 Å². The molecule has 3 rings (SSSR count). The van der Waals surface area contributed by atoms with Crippen LogP contribution in [0.4, 0.5) is 0 Å². The zero-order chi connectivity index (χ0) is 22.4. The molecule has 0 aliphatic heterocycles. The standard InChI is InChI=1S/C24H32O6/c1-13(2)17-12-16-8-9-18-23(5,6)10-7-11-24(18,22(27)28)19(16)21(30-15(4)26)20(17)29-14(3)25/h12-13,18H,7-11H2,1-6H3,(H,27,28)/t18-,24+/m0/s1. The molecular weight excluding hydrogens is 384 g/mol. The van der Waals surface area contributed by atoms with E-state index < -0.39 is 23.3 Å². The van der Waals surface area contributed by atoms with Crippen molar-refractivity contribution in [1.29, 1.82) is 0 Å². The van der Waals surface area contributed by atoms with Crippen molar-refractivity contribution in [1.82, 2.24) is 0 Å². The van der Waals surface area contributed by atoms with Crippen molar-refractivity contribution in [3.05, 3.63) is 22.8 Å². The molecule has 0 saturated heterocycles. The van der Waals surface area contributed by atoms with Gasteiger partial charge >= 0.3 is 17.9 Å². The highest BCUT2D eigenvalue weighted by Crippen LogP contribution is 2.61. The lowest BCUT2D eigenvalue weighted by Crippen LogP contribution is -2.54. The smallest absolute Gasteiger partial charge is 0.314 e. The molecule has 0 radical (unpaired) electrons. The summed E-state index contributed by atoms with van der Waals surface area (Å²) < 4.78 is 11.2. The van der Waals surface area contributed by atoms with Gasteiger partial charge in [0.25, 0.3) is 0 Å². The molecule has 164 valence electrons. The first-order valence-corrected chi connectivity index (χ1v) is 10.7. The van der Waals surface area contributed by atoms with E-state index in [2.05, 4.69) is 13.8 Å². The van der Waals surface area contributed by atoms with Gasteiger partial charge in [0, 0.05) is 25.0 Å². The summed E-state index contributed by atoms with van der Waals surface area (Å²) in [6.45, 7) is 10.8. The van der Waals surface area contributed by atoms with E-state index in [0.717, 1.165) is 30.4 Å². The van der Waals surface area contributed by atoms with Crippen molar-refractivity contribution < 1.29 is 29.0 Å². The van der Waals surface area contributed by atoms with Crippen LogP contribution in [0.3, 0.4) is 0 Å². The number of carbonyl (C=O) groups is 3. The quantitative estimate of drug-likeness (QED) is 0.562. The number of aliphatic carboxylic acids is 1. The third-order valence-electron chi connectivity index (χ3n) is 6.92. The third-order valence-corrected chi connectivity index (χ3v) is 6.92. The fourth-order valence-corrected chi connectivity index (χ4v) is 5.76. The van der Waals surface area contributed by atoms with Crippen molar-refractivity contribution in [2.24, 2.45) is 11.3 Å². The van der Waals surface area contributed by atoms with Crippen molar-refractivity contribution in [3.63, 3.8) is 0 Å². The molecule has 1 aromatic rings. The Balaban J connectivity index is 2.42. The number of hydrogen-bond donors (Lipinski definition) is 1. The normalized spacial score (nSPS) is 24.6. The van der Waals surface area contributed by atoms with Gasteiger partial charge in [-0.05, 0) is 48.5 Å². The van der Waals surface area contributed by atoms with Crippen LogP contribution in [0.15, 0.2) is 6.07 Å². The van der Waals surface area contributed by atoms with Crippen LogP contribution in [-0.2, 0) is 26.2 Å². The number of esters is 2. The van der Waals surface area contributed by atoms with Crippen molar-refractivity contribution in [3.8, 4) is 11.5 Å². The summed E-state index contributed by atoms with van der Waals surface area (Å²) in [6.07, 6.45) is 3.65. The van der Waals surface area contributed by atoms with Crippen LogP contribution >= 0.6 is 0 Å². The molecule has 0 heterocycles. The Hall–Kier alpha value is -2.37. The SMILES string of the molecule is CC(=O)Oc1c(C(C)C)cc2c(c1OC(C)=O)[C@@]1(C(=O)O)CCCC(C)(C)[C@@H]1CC2. The summed E-state index contributed by atoms with van der Waals surface area (Å²) >= 11 is 0. The Morgan fingerprint density at radius 3 is 2.20 bits per heavy atom. The van der Waals surface area contributed by atoms with Crippen molar-refractivity contribution in [2.75, 3.05) is 0 Å². The summed E-state index contributed by atoms with van der Waals surface area (Å²) in [5, 5.41) is 10.6. The van der Waals surface area contributed by atoms with Gasteiger partial charge in [-0.1, -0.05) is 40.2 Å². The van der Waals surface area contributed by atoms with Crippen molar-refractivity contribution >= 4 is 17.9 Å². The van der Waals surface area contributed by atoms with Crippen LogP contribution in [0.1, 0.15) is 89.8 Å². The fraction of sp³-hybridized carbons (Fsp3) is 0.625. The number of hydrogen-bond acceptors (Lipinski definition) is 5. The first kappa shape index (κ1) is 22.3. The minimum atomic E-state index is -1.18. The minimum absolute atomic E-state index is 0.000238. The second-order valence-electron chi connectivity index (χ2n) is 9.71. The van der Waals surface area contributed by atoms with Gasteiger partial charge in [0.1, 0.15) is 5.41 Å². The lowest BCUT2D eigenvalue weighted by Gasteiger charge is -2.53. The summed E-state index contributed by atoms with van der Waals surface area (Å²) in [5.41, 5.74) is 0.802. The van der Waals surface area contributed by atoms with Crippen LogP contribution in [-0.4, -0.2) is 23.0 Å². The zero-order valence-electron chi connectivity index (χ0n) is 18.8. The summed E-state index contributed by atoms with van der Waals surface area (Å²) in [7, 11) is 0. The molecule has 2 atom stereocenters. The van der Waals surface area contributed by atoms with E-state index in [1.165, 1.54) is 13.8 Å². The topological polar surface area (TPSA) is 89.9 Å². The predicted molar refractivity (Wildman–Crippen MR) is 112 cm³/mol. The number of ether oxygens (including phenoxy) is 2. The fourth-order valence-electron chi connectivity index (χ4n) is 5.76. The number of rotatable bonds is 4. The second kappa shape index (κ2) is 7.71. The molecule has 6 heteroatoms.